The Bertz CT molecular complexity index is 348. The summed E-state index contributed by atoms with van der Waals surface area (Å²) in [4.78, 5) is 5.57. The third-order valence-electron chi connectivity index (χ3n) is 0.653. The van der Waals surface area contributed by atoms with Gasteiger partial charge in [-0.1, -0.05) is 0 Å². The van der Waals surface area contributed by atoms with Crippen molar-refractivity contribution in [2.45, 2.75) is 0 Å². The fourth-order valence-electron chi connectivity index (χ4n) is 0.197. The van der Waals surface area contributed by atoms with Crippen LogP contribution >= 0.6 is 17.1 Å². The van der Waals surface area contributed by atoms with Crippen LogP contribution in [-0.2, 0) is 67.4 Å². The molecule has 14 heteroatoms. The van der Waals surface area contributed by atoms with Gasteiger partial charge in [-0.25, -0.2) is 0 Å². The smallest absolute Gasteiger partial charge is 0.418 e. The van der Waals surface area contributed by atoms with Crippen LogP contribution in [0.2, 0.25) is 0 Å². The zero-order valence-electron chi connectivity index (χ0n) is 9.46. The number of halogens is 4. The van der Waals surface area contributed by atoms with Crippen molar-refractivity contribution in [2.24, 2.45) is 0 Å². The fraction of sp³-hybridized carbons (Fsp3) is 0.143. The van der Waals surface area contributed by atoms with Crippen LogP contribution in [0.5, 0.6) is 0 Å². The van der Waals surface area contributed by atoms with E-state index in [9.17, 15) is 16.8 Å². The maximum Gasteiger partial charge on any atom is 0.418 e. The van der Waals surface area contributed by atoms with Crippen molar-refractivity contribution in [1.29, 1.82) is 10.5 Å². The van der Waals surface area contributed by atoms with Crippen molar-refractivity contribution in [3.63, 3.8) is 0 Å². The minimum atomic E-state index is -3.64. The first kappa shape index (κ1) is 37.4. The van der Waals surface area contributed by atoms with Gasteiger partial charge in [0.25, 0.3) is 5.90 Å². The second-order valence-corrected chi connectivity index (χ2v) is 5.23. The van der Waals surface area contributed by atoms with Crippen molar-refractivity contribution >= 4 is 42.3 Å². The van der Waals surface area contributed by atoms with E-state index in [1.807, 2.05) is 0 Å². The van der Waals surface area contributed by atoms with Gasteiger partial charge in [-0.2, -0.15) is 0 Å². The van der Waals surface area contributed by atoms with Gasteiger partial charge < -0.3 is 48.9 Å². The van der Waals surface area contributed by atoms with Crippen LogP contribution in [0, 0.1) is 36.8 Å². The first-order valence-electron chi connectivity index (χ1n) is 3.46. The van der Waals surface area contributed by atoms with Gasteiger partial charge in [-0.15, -0.1) is 0 Å². The average Bonchev–Trinajstić information content (AvgIpc) is 2.40. The summed E-state index contributed by atoms with van der Waals surface area (Å²) in [5, 5.41) is 12.3. The molecule has 0 fully saturated rings. The summed E-state index contributed by atoms with van der Waals surface area (Å²) in [5.74, 6) is -1.10. The van der Waals surface area contributed by atoms with Gasteiger partial charge in [-0.3, -0.25) is 9.69 Å². The predicted octanol–water partition coefficient (Wildman–Crippen LogP) is 4.14. The minimum Gasteiger partial charge on any atom is -0.826 e. The molecule has 4 nitrogen and oxygen atoms in total. The Hall–Kier alpha value is 0.0966. The molecule has 0 saturated heterocycles. The van der Waals surface area contributed by atoms with E-state index in [2.05, 4.69) is 34.9 Å². The van der Waals surface area contributed by atoms with Crippen molar-refractivity contribution in [1.82, 2.24) is 0 Å². The van der Waals surface area contributed by atoms with Gasteiger partial charge in [0.15, 0.2) is 0 Å². The molecule has 124 valence electrons. The van der Waals surface area contributed by atoms with E-state index in [0.29, 0.717) is 0 Å². The zero-order chi connectivity index (χ0) is 16.4. The Balaban J connectivity index is -0.0000000402. The molecule has 0 aliphatic heterocycles. The van der Waals surface area contributed by atoms with Crippen molar-refractivity contribution < 1.29 is 58.9 Å². The third-order valence-corrected chi connectivity index (χ3v) is 3.49. The molecule has 0 aliphatic rings. The van der Waals surface area contributed by atoms with Gasteiger partial charge in [0.2, 0.25) is 0 Å². The van der Waals surface area contributed by atoms with E-state index in [-0.39, 0.29) is 52.2 Å². The van der Waals surface area contributed by atoms with Crippen LogP contribution in [0.1, 0.15) is 0 Å². The van der Waals surface area contributed by atoms with Crippen molar-refractivity contribution in [2.75, 3.05) is 5.90 Å². The summed E-state index contributed by atoms with van der Waals surface area (Å²) < 4.78 is 43.7. The maximum absolute atomic E-state index is 10.9. The van der Waals surface area contributed by atoms with Crippen LogP contribution in [0.4, 0.5) is 16.8 Å². The summed E-state index contributed by atoms with van der Waals surface area (Å²) in [7, 11) is -7.28. The standard InChI is InChI=1S/C4H2N2S2.CH2F4P2.2CN.2Pt/c1-5-3(7)4(8)6-2;2-6(3)1-7(4)5;2*1-2;;/h7-8H;1H2;;;;/q;;2*-1;;/b4-3-;;;;;. The van der Waals surface area contributed by atoms with Gasteiger partial charge in [0.05, 0.1) is 13.1 Å². The predicted molar refractivity (Wildman–Crippen MR) is 70.8 cm³/mol. The van der Waals surface area contributed by atoms with Crippen LogP contribution in [-0.4, -0.2) is 5.90 Å². The van der Waals surface area contributed by atoms with Crippen molar-refractivity contribution in [3.8, 4) is 0 Å². The topological polar surface area (TPSA) is 56.3 Å². The molecule has 0 aliphatic carbocycles. The molecule has 0 aromatic heterocycles. The Morgan fingerprint density at radius 3 is 1.05 bits per heavy atom. The molecule has 21 heavy (non-hydrogen) atoms. The minimum absolute atomic E-state index is 0. The maximum atomic E-state index is 10.9. The number of hydrogen-bond donors (Lipinski definition) is 0. The molecule has 0 heterocycles. The summed E-state index contributed by atoms with van der Waals surface area (Å²) in [6.07, 6.45) is 0. The van der Waals surface area contributed by atoms with E-state index in [1.54, 1.807) is 0 Å². The van der Waals surface area contributed by atoms with Gasteiger partial charge >= 0.3 is 17.1 Å². The largest absolute Gasteiger partial charge is 0.826 e. The summed E-state index contributed by atoms with van der Waals surface area (Å²) >= 11 is 8.74. The molecule has 0 N–H and O–H groups in total. The summed E-state index contributed by atoms with van der Waals surface area (Å²) in [6.45, 7) is 22.1. The van der Waals surface area contributed by atoms with E-state index < -0.39 is 23.0 Å². The first-order chi connectivity index (χ1) is 8.84. The molecular weight excluding hydrogens is 732 g/mol. The van der Waals surface area contributed by atoms with E-state index in [4.69, 9.17) is 36.8 Å². The third kappa shape index (κ3) is 45.0. The average molecular weight is 736 g/mol. The monoisotopic (exact) mass is 736 g/mol. The molecule has 0 bridgehead atoms. The quantitative estimate of drug-likeness (QED) is 0.185. The number of rotatable bonds is 2. The fourth-order valence-corrected chi connectivity index (χ4v) is 1.10. The van der Waals surface area contributed by atoms with E-state index in [0.717, 1.165) is 0 Å². The van der Waals surface area contributed by atoms with E-state index >= 15 is 0 Å². The second kappa shape index (κ2) is 32.2. The summed E-state index contributed by atoms with van der Waals surface area (Å²) in [6, 6.07) is 0. The van der Waals surface area contributed by atoms with Crippen molar-refractivity contribution in [3.05, 3.63) is 46.0 Å². The SMILES string of the molecule is F[PH+](F)C[PH+](F)F.[C-]#N.[C-]#N.[C-]#[N+]/C([S-])=C(/[S-])[N+]#[C-].[Pt].[Pt]. The van der Waals surface area contributed by atoms with Crippen LogP contribution in [0.25, 0.3) is 9.69 Å². The Morgan fingerprint density at radius 1 is 0.810 bits per heavy atom. The van der Waals surface area contributed by atoms with Gasteiger partial charge in [-0.05, 0) is 16.8 Å². The second-order valence-electron chi connectivity index (χ2n) is 1.69. The Kier molecular flexibility index (Phi) is 57.2. The summed E-state index contributed by atoms with van der Waals surface area (Å²) in [5.41, 5.74) is 0. The normalized spacial score (nSPS) is 8.00. The molecule has 0 atom stereocenters. The van der Waals surface area contributed by atoms with E-state index in [1.165, 1.54) is 0 Å². The molecule has 0 saturated carbocycles. The van der Waals surface area contributed by atoms with Crippen LogP contribution in [0.3, 0.4) is 0 Å². The molecular formula is C7H4F4N4P2Pt2S2-2. The Labute approximate surface area is 162 Å². The van der Waals surface area contributed by atoms with Crippen LogP contribution in [0.15, 0.2) is 10.1 Å². The van der Waals surface area contributed by atoms with Gasteiger partial charge in [0, 0.05) is 52.2 Å². The molecule has 0 spiro atoms. The molecule has 0 rings (SSSR count). The first-order valence-corrected chi connectivity index (χ1v) is 7.21. The molecule has 0 amide bonds. The van der Waals surface area contributed by atoms with Crippen LogP contribution < -0.4 is 0 Å². The zero-order valence-corrected chi connectivity index (χ0v) is 17.6. The molecule has 0 radical (unpaired) electrons. The molecule has 0 aromatic rings. The number of nitrogens with zero attached hydrogens (tertiary/aromatic N) is 4. The van der Waals surface area contributed by atoms with Gasteiger partial charge in [0.1, 0.15) is 0 Å². The molecule has 0 aromatic carbocycles. The Morgan fingerprint density at radius 2 is 1.00 bits per heavy atom. The molecule has 0 unspecified atom stereocenters. The number of hydrogen-bond acceptors (Lipinski definition) is 4.